The summed E-state index contributed by atoms with van der Waals surface area (Å²) in [5.41, 5.74) is 5.37. The van der Waals surface area contributed by atoms with Gasteiger partial charge in [0.1, 0.15) is 22.7 Å². The van der Waals surface area contributed by atoms with Crippen LogP contribution in [0.25, 0.3) is 0 Å². The first-order valence-corrected chi connectivity index (χ1v) is 4.41. The van der Waals surface area contributed by atoms with E-state index < -0.39 is 28.7 Å². The second kappa shape index (κ2) is 4.55. The lowest BCUT2D eigenvalue weighted by Crippen LogP contribution is -2.32. The molecule has 6 heteroatoms. The minimum Gasteiger partial charge on any atom is -0.480 e. The Morgan fingerprint density at radius 3 is 2.33 bits per heavy atom. The molecule has 3 nitrogen and oxygen atoms in total. The average molecular weight is 236 g/mol. The number of nitrogens with two attached hydrogens (primary N) is 1. The lowest BCUT2D eigenvalue weighted by molar-refractivity contribution is -0.138. The molecule has 0 heterocycles. The summed E-state index contributed by atoms with van der Waals surface area (Å²) in [4.78, 5) is 10.4. The van der Waals surface area contributed by atoms with Crippen molar-refractivity contribution in [2.45, 2.75) is 12.5 Å². The van der Waals surface area contributed by atoms with E-state index in [1.165, 1.54) is 0 Å². The molecular weight excluding hydrogens is 228 g/mol. The molecule has 1 unspecified atom stereocenters. The molecule has 0 aliphatic carbocycles. The Hall–Kier alpha value is -1.20. The Bertz CT molecular complexity index is 375. The second-order valence-corrected chi connectivity index (χ2v) is 3.40. The molecule has 0 spiro atoms. The van der Waals surface area contributed by atoms with Crippen molar-refractivity contribution in [2.24, 2.45) is 5.73 Å². The summed E-state index contributed by atoms with van der Waals surface area (Å²) in [6.45, 7) is 0. The number of aliphatic carboxylic acids is 1. The van der Waals surface area contributed by atoms with Crippen molar-refractivity contribution in [3.8, 4) is 0 Å². The summed E-state index contributed by atoms with van der Waals surface area (Å²) in [6.07, 6.45) is -0.152. The molecule has 1 aromatic rings. The Morgan fingerprint density at radius 1 is 1.47 bits per heavy atom. The highest BCUT2D eigenvalue weighted by molar-refractivity contribution is 6.30. The average Bonchev–Trinajstić information content (AvgIpc) is 2.13. The number of benzene rings is 1. The summed E-state index contributed by atoms with van der Waals surface area (Å²) in [7, 11) is 0. The van der Waals surface area contributed by atoms with E-state index in [4.69, 9.17) is 22.4 Å². The topological polar surface area (TPSA) is 63.3 Å². The first kappa shape index (κ1) is 11.9. The van der Waals surface area contributed by atoms with Gasteiger partial charge in [0, 0.05) is 0 Å². The van der Waals surface area contributed by atoms with Crippen LogP contribution in [0.15, 0.2) is 12.1 Å². The van der Waals surface area contributed by atoms with E-state index in [2.05, 4.69) is 0 Å². The quantitative estimate of drug-likeness (QED) is 0.782. The fourth-order valence-corrected chi connectivity index (χ4v) is 1.18. The van der Waals surface area contributed by atoms with Gasteiger partial charge in [-0.3, -0.25) is 4.79 Å². The number of carbonyl (C=O) groups is 1. The fraction of sp³-hybridized carbons (Fsp3) is 0.222. The molecule has 0 aliphatic rings. The first-order valence-electron chi connectivity index (χ1n) is 4.03. The summed E-state index contributed by atoms with van der Waals surface area (Å²) in [5, 5.41) is 7.89. The second-order valence-electron chi connectivity index (χ2n) is 3.02. The third-order valence-corrected chi connectivity index (χ3v) is 2.18. The number of hydrogen-bond donors (Lipinski definition) is 2. The zero-order valence-electron chi connectivity index (χ0n) is 7.51. The van der Waals surface area contributed by atoms with Gasteiger partial charge in [0.05, 0.1) is 0 Å². The van der Waals surface area contributed by atoms with Crippen molar-refractivity contribution in [1.29, 1.82) is 0 Å². The third-order valence-electron chi connectivity index (χ3n) is 1.82. The van der Waals surface area contributed by atoms with Crippen LogP contribution in [0.5, 0.6) is 0 Å². The van der Waals surface area contributed by atoms with Gasteiger partial charge < -0.3 is 10.8 Å². The number of hydrogen-bond acceptors (Lipinski definition) is 2. The van der Waals surface area contributed by atoms with Crippen LogP contribution in [0.1, 0.15) is 5.56 Å². The first-order chi connectivity index (χ1) is 6.91. The van der Waals surface area contributed by atoms with Crippen LogP contribution in [0.2, 0.25) is 5.02 Å². The lowest BCUT2D eigenvalue weighted by Gasteiger charge is -2.07. The Labute approximate surface area is 89.5 Å². The van der Waals surface area contributed by atoms with Crippen molar-refractivity contribution < 1.29 is 18.7 Å². The van der Waals surface area contributed by atoms with E-state index in [1.54, 1.807) is 0 Å². The molecule has 0 saturated carbocycles. The van der Waals surface area contributed by atoms with Crippen LogP contribution in [0, 0.1) is 11.6 Å². The van der Waals surface area contributed by atoms with Crippen LogP contribution in [0.4, 0.5) is 8.78 Å². The molecule has 0 saturated heterocycles. The van der Waals surface area contributed by atoms with Gasteiger partial charge in [0.25, 0.3) is 0 Å². The van der Waals surface area contributed by atoms with Gasteiger partial charge in [-0.1, -0.05) is 11.6 Å². The highest BCUT2D eigenvalue weighted by Crippen LogP contribution is 2.20. The SMILES string of the molecule is NC(Cc1cc(F)c(Cl)c(F)c1)C(=O)O. The third kappa shape index (κ3) is 2.87. The van der Waals surface area contributed by atoms with Gasteiger partial charge in [0.2, 0.25) is 0 Å². The minimum absolute atomic E-state index is 0.152. The number of carboxylic acids is 1. The molecule has 82 valence electrons. The highest BCUT2D eigenvalue weighted by Gasteiger charge is 2.15. The molecule has 0 bridgehead atoms. The maximum atomic E-state index is 12.9. The van der Waals surface area contributed by atoms with E-state index in [0.29, 0.717) is 0 Å². The van der Waals surface area contributed by atoms with E-state index in [-0.39, 0.29) is 12.0 Å². The molecule has 1 aromatic carbocycles. The molecule has 0 radical (unpaired) electrons. The summed E-state index contributed by atoms with van der Waals surface area (Å²) in [5.74, 6) is -3.08. The van der Waals surface area contributed by atoms with Gasteiger partial charge in [-0.2, -0.15) is 0 Å². The maximum Gasteiger partial charge on any atom is 0.320 e. The van der Waals surface area contributed by atoms with E-state index >= 15 is 0 Å². The fourth-order valence-electron chi connectivity index (χ4n) is 1.07. The number of rotatable bonds is 3. The molecule has 0 aliphatic heterocycles. The van der Waals surface area contributed by atoms with Crippen LogP contribution in [-0.4, -0.2) is 17.1 Å². The van der Waals surface area contributed by atoms with Gasteiger partial charge in [-0.15, -0.1) is 0 Å². The normalized spacial score (nSPS) is 12.5. The molecule has 1 rings (SSSR count). The highest BCUT2D eigenvalue weighted by atomic mass is 35.5. The summed E-state index contributed by atoms with van der Waals surface area (Å²) >= 11 is 5.25. The molecule has 0 amide bonds. The van der Waals surface area contributed by atoms with Gasteiger partial charge in [-0.25, -0.2) is 8.78 Å². The van der Waals surface area contributed by atoms with Crippen molar-refractivity contribution in [2.75, 3.05) is 0 Å². The van der Waals surface area contributed by atoms with Crippen LogP contribution >= 0.6 is 11.6 Å². The lowest BCUT2D eigenvalue weighted by atomic mass is 10.1. The van der Waals surface area contributed by atoms with Crippen LogP contribution in [-0.2, 0) is 11.2 Å². The predicted octanol–water partition coefficient (Wildman–Crippen LogP) is 1.57. The molecule has 1 atom stereocenters. The number of halogens is 3. The zero-order chi connectivity index (χ0) is 11.6. The van der Waals surface area contributed by atoms with Gasteiger partial charge in [-0.05, 0) is 24.1 Å². The van der Waals surface area contributed by atoms with Crippen LogP contribution in [0.3, 0.4) is 0 Å². The zero-order valence-corrected chi connectivity index (χ0v) is 8.26. The summed E-state index contributed by atoms with van der Waals surface area (Å²) < 4.78 is 25.9. The van der Waals surface area contributed by atoms with E-state index in [0.717, 1.165) is 12.1 Å². The monoisotopic (exact) mass is 235 g/mol. The molecule has 0 aromatic heterocycles. The standard InChI is InChI=1S/C9H8ClF2NO2/c10-8-5(11)1-4(2-6(8)12)3-7(13)9(14)15/h1-2,7H,3,13H2,(H,14,15). The van der Waals surface area contributed by atoms with Gasteiger partial charge in [0.15, 0.2) is 0 Å². The van der Waals surface area contributed by atoms with E-state index in [9.17, 15) is 13.6 Å². The Morgan fingerprint density at radius 2 is 1.93 bits per heavy atom. The van der Waals surface area contributed by atoms with Gasteiger partial charge >= 0.3 is 5.97 Å². The summed E-state index contributed by atoms with van der Waals surface area (Å²) in [6, 6.07) is 0.743. The van der Waals surface area contributed by atoms with E-state index in [1.807, 2.05) is 0 Å². The Kier molecular flexibility index (Phi) is 3.60. The minimum atomic E-state index is -1.23. The van der Waals surface area contributed by atoms with Crippen molar-refractivity contribution in [3.05, 3.63) is 34.4 Å². The van der Waals surface area contributed by atoms with Crippen molar-refractivity contribution in [1.82, 2.24) is 0 Å². The Balaban J connectivity index is 2.92. The molecule has 0 fully saturated rings. The predicted molar refractivity (Wildman–Crippen MR) is 50.7 cm³/mol. The van der Waals surface area contributed by atoms with Crippen LogP contribution < -0.4 is 5.73 Å². The smallest absolute Gasteiger partial charge is 0.320 e. The molecule has 3 N–H and O–H groups in total. The maximum absolute atomic E-state index is 12.9. The number of carboxylic acid groups (broad SMARTS) is 1. The van der Waals surface area contributed by atoms with Crippen molar-refractivity contribution >= 4 is 17.6 Å². The molecular formula is C9H8ClF2NO2. The largest absolute Gasteiger partial charge is 0.480 e. The van der Waals surface area contributed by atoms with Crippen molar-refractivity contribution in [3.63, 3.8) is 0 Å². The molecule has 15 heavy (non-hydrogen) atoms.